The summed E-state index contributed by atoms with van der Waals surface area (Å²) in [6.07, 6.45) is -0.599. The van der Waals surface area contributed by atoms with Gasteiger partial charge in [0.25, 0.3) is 11.8 Å². The van der Waals surface area contributed by atoms with Crippen molar-refractivity contribution in [2.75, 3.05) is 18.1 Å². The summed E-state index contributed by atoms with van der Waals surface area (Å²) in [6, 6.07) is 14.6. The number of amides is 1. The number of ether oxygens (including phenoxy) is 3. The Kier molecular flexibility index (Phi) is 6.34. The predicted octanol–water partition coefficient (Wildman–Crippen LogP) is 3.38. The van der Waals surface area contributed by atoms with Crippen LogP contribution in [0.5, 0.6) is 11.5 Å². The second-order valence-electron chi connectivity index (χ2n) is 7.07. The van der Waals surface area contributed by atoms with Crippen molar-refractivity contribution in [2.45, 2.75) is 33.0 Å². The predicted molar refractivity (Wildman–Crippen MR) is 114 cm³/mol. The molecule has 0 fully saturated rings. The van der Waals surface area contributed by atoms with Crippen LogP contribution in [0.3, 0.4) is 0 Å². The first kappa shape index (κ1) is 21.4. The summed E-state index contributed by atoms with van der Waals surface area (Å²) in [7, 11) is 0. The van der Waals surface area contributed by atoms with Gasteiger partial charge in [-0.05, 0) is 38.1 Å². The summed E-state index contributed by atoms with van der Waals surface area (Å²) in [5.74, 6) is 1.09. The fraction of sp³-hybridized carbons (Fsp3) is 0.304. The normalized spacial score (nSPS) is 15.1. The number of rotatable bonds is 8. The van der Waals surface area contributed by atoms with Gasteiger partial charge in [0.1, 0.15) is 11.5 Å². The highest BCUT2D eigenvalue weighted by atomic mass is 16.6. The third-order valence-corrected chi connectivity index (χ3v) is 4.87. The van der Waals surface area contributed by atoms with Crippen LogP contribution in [0.25, 0.3) is 11.4 Å². The number of benzene rings is 2. The van der Waals surface area contributed by atoms with E-state index in [9.17, 15) is 9.59 Å². The summed E-state index contributed by atoms with van der Waals surface area (Å²) in [5, 5.41) is 3.95. The molecule has 0 saturated heterocycles. The maximum atomic E-state index is 12.5. The molecule has 1 aromatic heterocycles. The largest absolute Gasteiger partial charge is 0.493 e. The van der Waals surface area contributed by atoms with Gasteiger partial charge < -0.3 is 23.6 Å². The van der Waals surface area contributed by atoms with Gasteiger partial charge in [-0.3, -0.25) is 9.59 Å². The lowest BCUT2D eigenvalue weighted by Gasteiger charge is -2.32. The number of fused-ring (bicyclic) bond motifs is 1. The minimum Gasteiger partial charge on any atom is -0.493 e. The molecule has 3 aromatic rings. The highest BCUT2D eigenvalue weighted by Gasteiger charge is 2.31. The Morgan fingerprint density at radius 3 is 2.78 bits per heavy atom. The quantitative estimate of drug-likeness (QED) is 0.494. The number of nitrogens with zero attached hydrogens (tertiary/aromatic N) is 3. The average Bonchev–Trinajstić information content (AvgIpc) is 3.27. The topological polar surface area (TPSA) is 104 Å². The van der Waals surface area contributed by atoms with Crippen LogP contribution >= 0.6 is 0 Å². The smallest absolute Gasteiger partial charge is 0.308 e. The highest BCUT2D eigenvalue weighted by molar-refractivity contribution is 6.00. The molecule has 9 heteroatoms. The molecule has 0 N–H and O–H groups in total. The zero-order chi connectivity index (χ0) is 22.5. The van der Waals surface area contributed by atoms with Crippen LogP contribution in [-0.2, 0) is 20.9 Å². The van der Waals surface area contributed by atoms with Crippen LogP contribution < -0.4 is 14.4 Å². The van der Waals surface area contributed by atoms with Crippen molar-refractivity contribution < 1.29 is 28.3 Å². The number of carbonyl (C=O) groups excluding carboxylic acids is 2. The Morgan fingerprint density at radius 2 is 1.94 bits per heavy atom. The summed E-state index contributed by atoms with van der Waals surface area (Å²) >= 11 is 0. The van der Waals surface area contributed by atoms with E-state index < -0.39 is 12.1 Å². The van der Waals surface area contributed by atoms with E-state index in [0.717, 1.165) is 0 Å². The molecule has 0 saturated carbocycles. The average molecular weight is 437 g/mol. The summed E-state index contributed by atoms with van der Waals surface area (Å²) in [6.45, 7) is 4.10. The molecule has 1 amide bonds. The molecule has 2 aromatic carbocycles. The number of carbonyl (C=O) groups is 2. The van der Waals surface area contributed by atoms with Gasteiger partial charge in [0.05, 0.1) is 24.3 Å². The second kappa shape index (κ2) is 9.51. The molecule has 166 valence electrons. The lowest BCUT2D eigenvalue weighted by molar-refractivity contribution is -0.145. The van der Waals surface area contributed by atoms with Gasteiger partial charge in [-0.15, -0.1) is 0 Å². The van der Waals surface area contributed by atoms with Gasteiger partial charge in [0.2, 0.25) is 5.82 Å². The molecule has 9 nitrogen and oxygen atoms in total. The first-order chi connectivity index (χ1) is 15.6. The van der Waals surface area contributed by atoms with Crippen molar-refractivity contribution in [1.82, 2.24) is 10.1 Å². The third kappa shape index (κ3) is 4.56. The van der Waals surface area contributed by atoms with Crippen LogP contribution in [0.2, 0.25) is 0 Å². The van der Waals surface area contributed by atoms with Crippen LogP contribution in [0, 0.1) is 0 Å². The van der Waals surface area contributed by atoms with E-state index in [0.29, 0.717) is 35.2 Å². The van der Waals surface area contributed by atoms with Gasteiger partial charge in [0, 0.05) is 6.54 Å². The van der Waals surface area contributed by atoms with Gasteiger partial charge in [0.15, 0.2) is 12.7 Å². The fourth-order valence-electron chi connectivity index (χ4n) is 3.36. The number of para-hydroxylation sites is 3. The third-order valence-electron chi connectivity index (χ3n) is 4.87. The Hall–Kier alpha value is -3.88. The molecular formula is C23H23N3O6. The van der Waals surface area contributed by atoms with Crippen molar-refractivity contribution in [3.8, 4) is 22.9 Å². The van der Waals surface area contributed by atoms with E-state index in [-0.39, 0.29) is 31.4 Å². The van der Waals surface area contributed by atoms with E-state index in [1.54, 1.807) is 24.0 Å². The van der Waals surface area contributed by atoms with Gasteiger partial charge in [-0.2, -0.15) is 4.98 Å². The Bertz CT molecular complexity index is 1110. The molecule has 1 aliphatic rings. The Morgan fingerprint density at radius 1 is 1.16 bits per heavy atom. The Balaban J connectivity index is 1.34. The molecule has 0 radical (unpaired) electrons. The van der Waals surface area contributed by atoms with Gasteiger partial charge in [-0.1, -0.05) is 29.4 Å². The number of esters is 1. The number of aromatic nitrogens is 2. The fourth-order valence-corrected chi connectivity index (χ4v) is 3.36. The van der Waals surface area contributed by atoms with E-state index >= 15 is 0 Å². The number of hydrogen-bond donors (Lipinski definition) is 0. The molecule has 0 bridgehead atoms. The molecule has 4 rings (SSSR count). The maximum absolute atomic E-state index is 12.5. The van der Waals surface area contributed by atoms with E-state index in [2.05, 4.69) is 10.1 Å². The summed E-state index contributed by atoms with van der Waals surface area (Å²) < 4.78 is 21.6. The molecule has 1 atom stereocenters. The molecule has 32 heavy (non-hydrogen) atoms. The van der Waals surface area contributed by atoms with Crippen LogP contribution in [0.15, 0.2) is 53.1 Å². The van der Waals surface area contributed by atoms with Gasteiger partial charge >= 0.3 is 5.97 Å². The monoisotopic (exact) mass is 437 g/mol. The molecule has 0 aliphatic carbocycles. The van der Waals surface area contributed by atoms with Crippen molar-refractivity contribution in [2.24, 2.45) is 0 Å². The van der Waals surface area contributed by atoms with Gasteiger partial charge in [-0.25, -0.2) is 0 Å². The van der Waals surface area contributed by atoms with Crippen LogP contribution in [0.4, 0.5) is 5.69 Å². The Labute approximate surface area is 184 Å². The zero-order valence-corrected chi connectivity index (χ0v) is 17.8. The lowest BCUT2D eigenvalue weighted by atomic mass is 10.2. The summed E-state index contributed by atoms with van der Waals surface area (Å²) in [5.41, 5.74) is 1.33. The molecule has 1 unspecified atom stereocenters. The number of anilines is 1. The second-order valence-corrected chi connectivity index (χ2v) is 7.07. The van der Waals surface area contributed by atoms with Crippen LogP contribution in [-0.4, -0.2) is 41.3 Å². The molecule has 2 heterocycles. The SMILES string of the molecule is CCOc1ccccc1-c1noc(COC(=O)CCN2C(=O)C(C)Oc3ccccc32)n1. The van der Waals surface area contributed by atoms with Crippen molar-refractivity contribution in [3.05, 3.63) is 54.4 Å². The summed E-state index contributed by atoms with van der Waals surface area (Å²) in [4.78, 5) is 30.6. The minimum absolute atomic E-state index is 0.0148. The zero-order valence-electron chi connectivity index (χ0n) is 17.8. The maximum Gasteiger partial charge on any atom is 0.308 e. The molecule has 0 spiro atoms. The first-order valence-corrected chi connectivity index (χ1v) is 10.3. The van der Waals surface area contributed by atoms with E-state index in [1.807, 2.05) is 43.3 Å². The minimum atomic E-state index is -0.614. The van der Waals surface area contributed by atoms with E-state index in [4.69, 9.17) is 18.7 Å². The lowest BCUT2D eigenvalue weighted by Crippen LogP contribution is -2.45. The van der Waals surface area contributed by atoms with Crippen molar-refractivity contribution in [1.29, 1.82) is 0 Å². The first-order valence-electron chi connectivity index (χ1n) is 10.3. The van der Waals surface area contributed by atoms with Crippen molar-refractivity contribution in [3.63, 3.8) is 0 Å². The highest BCUT2D eigenvalue weighted by Crippen LogP contribution is 2.33. The standard InChI is InChI=1S/C23H23N3O6/c1-3-29-18-10-6-4-8-16(18)22-24-20(32-25-22)14-30-21(27)12-13-26-17-9-5-7-11-19(17)31-15(2)23(26)28/h4-11,15H,3,12-14H2,1-2H3. The van der Waals surface area contributed by atoms with E-state index in [1.165, 1.54) is 0 Å². The molecule has 1 aliphatic heterocycles. The number of hydrogen-bond acceptors (Lipinski definition) is 8. The van der Waals surface area contributed by atoms with Crippen molar-refractivity contribution >= 4 is 17.6 Å². The molecular weight excluding hydrogens is 414 g/mol. The van der Waals surface area contributed by atoms with Crippen LogP contribution in [0.1, 0.15) is 26.2 Å².